The standard InChI is InChI=1S/C15H16N2O3S/c1-11-7-14(20-16-11)15(19)17(2)9-13-8-12(10-21-13)5-3-4-6-18/h7-8,10,18H,4,6,9H2,1-2H3. The number of hydrogen-bond acceptors (Lipinski definition) is 5. The fraction of sp³-hybridized carbons (Fsp3) is 0.333. The van der Waals surface area contributed by atoms with Crippen molar-refractivity contribution in [3.8, 4) is 11.8 Å². The van der Waals surface area contributed by atoms with Gasteiger partial charge in [0, 0.05) is 35.4 Å². The van der Waals surface area contributed by atoms with Crippen molar-refractivity contribution in [1.29, 1.82) is 0 Å². The summed E-state index contributed by atoms with van der Waals surface area (Å²) in [5.74, 6) is 5.89. The minimum Gasteiger partial charge on any atom is -0.395 e. The van der Waals surface area contributed by atoms with Crippen molar-refractivity contribution in [3.05, 3.63) is 39.4 Å². The van der Waals surface area contributed by atoms with Crippen LogP contribution in [0, 0.1) is 18.8 Å². The summed E-state index contributed by atoms with van der Waals surface area (Å²) in [6, 6.07) is 3.57. The SMILES string of the molecule is Cc1cc(C(=O)N(C)Cc2cc(C#CCCO)cs2)on1. The third-order valence-electron chi connectivity index (χ3n) is 2.70. The van der Waals surface area contributed by atoms with E-state index in [1.165, 1.54) is 0 Å². The number of carbonyl (C=O) groups excluding carboxylic acids is 1. The number of aryl methyl sites for hydroxylation is 1. The molecule has 110 valence electrons. The van der Waals surface area contributed by atoms with Crippen LogP contribution in [0.4, 0.5) is 0 Å². The molecule has 0 bridgehead atoms. The first-order valence-electron chi connectivity index (χ1n) is 6.46. The van der Waals surface area contributed by atoms with Crippen LogP contribution in [0.2, 0.25) is 0 Å². The minimum absolute atomic E-state index is 0.0673. The van der Waals surface area contributed by atoms with Crippen LogP contribution in [0.25, 0.3) is 0 Å². The summed E-state index contributed by atoms with van der Waals surface area (Å²) in [5.41, 5.74) is 1.59. The topological polar surface area (TPSA) is 66.6 Å². The second-order valence-corrected chi connectivity index (χ2v) is 5.57. The molecule has 2 aromatic rings. The number of aliphatic hydroxyl groups excluding tert-OH is 1. The van der Waals surface area contributed by atoms with Crippen molar-refractivity contribution in [2.24, 2.45) is 0 Å². The molecule has 0 saturated carbocycles. The molecule has 1 amide bonds. The van der Waals surface area contributed by atoms with E-state index in [1.807, 2.05) is 11.4 Å². The molecule has 5 nitrogen and oxygen atoms in total. The molecule has 0 saturated heterocycles. The van der Waals surface area contributed by atoms with Gasteiger partial charge in [0.25, 0.3) is 5.91 Å². The summed E-state index contributed by atoms with van der Waals surface area (Å²) in [5, 5.41) is 14.3. The maximum atomic E-state index is 12.1. The van der Waals surface area contributed by atoms with E-state index in [-0.39, 0.29) is 18.3 Å². The zero-order valence-corrected chi connectivity index (χ0v) is 12.7. The lowest BCUT2D eigenvalue weighted by atomic mass is 10.3. The van der Waals surface area contributed by atoms with Crippen LogP contribution in [0.1, 0.15) is 33.1 Å². The Bertz CT molecular complexity index is 678. The van der Waals surface area contributed by atoms with Crippen LogP contribution in [0.5, 0.6) is 0 Å². The Balaban J connectivity index is 1.98. The Labute approximate surface area is 127 Å². The smallest absolute Gasteiger partial charge is 0.292 e. The van der Waals surface area contributed by atoms with E-state index < -0.39 is 0 Å². The maximum Gasteiger partial charge on any atom is 0.292 e. The number of amides is 1. The number of hydrogen-bond donors (Lipinski definition) is 1. The van der Waals surface area contributed by atoms with Gasteiger partial charge >= 0.3 is 0 Å². The molecule has 2 aromatic heterocycles. The van der Waals surface area contributed by atoms with Crippen molar-refractivity contribution < 1.29 is 14.4 Å². The second-order valence-electron chi connectivity index (χ2n) is 4.57. The van der Waals surface area contributed by atoms with Gasteiger partial charge in [0.1, 0.15) is 0 Å². The maximum absolute atomic E-state index is 12.1. The average Bonchev–Trinajstić information content (AvgIpc) is 3.07. The van der Waals surface area contributed by atoms with E-state index in [0.717, 1.165) is 10.4 Å². The molecule has 2 rings (SSSR count). The molecule has 2 heterocycles. The van der Waals surface area contributed by atoms with E-state index in [1.54, 1.807) is 36.3 Å². The highest BCUT2D eigenvalue weighted by atomic mass is 32.1. The van der Waals surface area contributed by atoms with E-state index in [4.69, 9.17) is 9.63 Å². The van der Waals surface area contributed by atoms with E-state index >= 15 is 0 Å². The van der Waals surface area contributed by atoms with Gasteiger partial charge in [-0.25, -0.2) is 0 Å². The minimum atomic E-state index is -0.197. The van der Waals surface area contributed by atoms with E-state index in [0.29, 0.717) is 18.7 Å². The fourth-order valence-electron chi connectivity index (χ4n) is 1.71. The van der Waals surface area contributed by atoms with Gasteiger partial charge < -0.3 is 14.5 Å². The number of rotatable bonds is 4. The Morgan fingerprint density at radius 2 is 2.33 bits per heavy atom. The molecule has 0 atom stereocenters. The molecular formula is C15H16N2O3S. The van der Waals surface area contributed by atoms with Gasteiger partial charge in [-0.3, -0.25) is 4.79 Å². The second kappa shape index (κ2) is 7.07. The fourth-order valence-corrected chi connectivity index (χ4v) is 2.58. The van der Waals surface area contributed by atoms with Gasteiger partial charge in [-0.05, 0) is 13.0 Å². The zero-order valence-electron chi connectivity index (χ0n) is 11.9. The normalized spacial score (nSPS) is 10.0. The molecule has 0 aliphatic heterocycles. The Kier molecular flexibility index (Phi) is 5.14. The van der Waals surface area contributed by atoms with Crippen molar-refractivity contribution in [2.75, 3.05) is 13.7 Å². The highest BCUT2D eigenvalue weighted by Gasteiger charge is 2.17. The van der Waals surface area contributed by atoms with Crippen LogP contribution in [0.15, 0.2) is 22.0 Å². The Hall–Kier alpha value is -2.10. The summed E-state index contributed by atoms with van der Waals surface area (Å²) in [6.45, 7) is 2.33. The van der Waals surface area contributed by atoms with Crippen LogP contribution in [0.3, 0.4) is 0 Å². The number of thiophene rings is 1. The van der Waals surface area contributed by atoms with Crippen LogP contribution < -0.4 is 0 Å². The molecule has 0 fully saturated rings. The lowest BCUT2D eigenvalue weighted by Crippen LogP contribution is -2.25. The summed E-state index contributed by atoms with van der Waals surface area (Å²) < 4.78 is 4.97. The molecular weight excluding hydrogens is 288 g/mol. The van der Waals surface area contributed by atoms with Crippen LogP contribution in [-0.4, -0.2) is 34.7 Å². The van der Waals surface area contributed by atoms with Crippen molar-refractivity contribution in [2.45, 2.75) is 19.9 Å². The quantitative estimate of drug-likeness (QED) is 0.878. The number of aliphatic hydroxyl groups is 1. The first-order valence-corrected chi connectivity index (χ1v) is 7.34. The summed E-state index contributed by atoms with van der Waals surface area (Å²) in [4.78, 5) is 14.7. The van der Waals surface area contributed by atoms with Gasteiger partial charge in [-0.1, -0.05) is 17.0 Å². The Morgan fingerprint density at radius 3 is 3.00 bits per heavy atom. The first kappa shape index (κ1) is 15.3. The van der Waals surface area contributed by atoms with Gasteiger partial charge in [-0.2, -0.15) is 0 Å². The summed E-state index contributed by atoms with van der Waals surface area (Å²) in [7, 11) is 1.72. The molecule has 6 heteroatoms. The van der Waals surface area contributed by atoms with Crippen molar-refractivity contribution >= 4 is 17.2 Å². The first-order chi connectivity index (χ1) is 10.1. The number of nitrogens with zero attached hydrogens (tertiary/aromatic N) is 2. The lowest BCUT2D eigenvalue weighted by Gasteiger charge is -2.13. The molecule has 0 aliphatic carbocycles. The lowest BCUT2D eigenvalue weighted by molar-refractivity contribution is 0.0745. The molecule has 0 aromatic carbocycles. The predicted molar refractivity (Wildman–Crippen MR) is 79.9 cm³/mol. The van der Waals surface area contributed by atoms with E-state index in [2.05, 4.69) is 17.0 Å². The molecule has 0 unspecified atom stereocenters. The number of carbonyl (C=O) groups is 1. The third-order valence-corrected chi connectivity index (χ3v) is 3.62. The zero-order chi connectivity index (χ0) is 15.2. The molecule has 21 heavy (non-hydrogen) atoms. The van der Waals surface area contributed by atoms with Crippen LogP contribution >= 0.6 is 11.3 Å². The highest BCUT2D eigenvalue weighted by Crippen LogP contribution is 2.17. The van der Waals surface area contributed by atoms with Gasteiger partial charge in [-0.15, -0.1) is 11.3 Å². The van der Waals surface area contributed by atoms with Gasteiger partial charge in [0.05, 0.1) is 18.8 Å². The number of aromatic nitrogens is 1. The molecule has 0 radical (unpaired) electrons. The molecule has 0 spiro atoms. The molecule has 1 N–H and O–H groups in total. The Morgan fingerprint density at radius 1 is 1.52 bits per heavy atom. The van der Waals surface area contributed by atoms with E-state index in [9.17, 15) is 4.79 Å². The summed E-state index contributed by atoms with van der Waals surface area (Å²) in [6.07, 6.45) is 0.467. The average molecular weight is 304 g/mol. The van der Waals surface area contributed by atoms with Crippen LogP contribution in [-0.2, 0) is 6.54 Å². The largest absolute Gasteiger partial charge is 0.395 e. The van der Waals surface area contributed by atoms with Crippen molar-refractivity contribution in [1.82, 2.24) is 10.1 Å². The predicted octanol–water partition coefficient (Wildman–Crippen LogP) is 2.05. The highest BCUT2D eigenvalue weighted by molar-refractivity contribution is 7.10. The monoisotopic (exact) mass is 304 g/mol. The van der Waals surface area contributed by atoms with Gasteiger partial charge in [0.2, 0.25) is 5.76 Å². The third kappa shape index (κ3) is 4.18. The van der Waals surface area contributed by atoms with Crippen molar-refractivity contribution in [3.63, 3.8) is 0 Å². The molecule has 0 aliphatic rings. The van der Waals surface area contributed by atoms with Gasteiger partial charge in [0.15, 0.2) is 0 Å². The summed E-state index contributed by atoms with van der Waals surface area (Å²) >= 11 is 1.55.